The van der Waals surface area contributed by atoms with E-state index in [1.807, 2.05) is 0 Å². The fraction of sp³-hybridized carbons (Fsp3) is 0.571. The van der Waals surface area contributed by atoms with Crippen molar-refractivity contribution >= 4 is 5.78 Å². The topological polar surface area (TPSA) is 81.3 Å². The minimum Gasteiger partial charge on any atom is -0.391 e. The summed E-state index contributed by atoms with van der Waals surface area (Å²) >= 11 is 0. The number of Topliss-reactive ketones (excluding diaryl/α,β-unsaturated/α-hetero) is 1. The largest absolute Gasteiger partial charge is 0.416 e. The average Bonchev–Trinajstić information content (AvgIpc) is 2.62. The SMILES string of the molecule is CC12C=C(C(F)(F)F)C=C(C#N)C1C(=O)C(C(O)C(F)(F)F)C2O. The zero-order valence-corrected chi connectivity index (χ0v) is 12.0. The van der Waals surface area contributed by atoms with E-state index in [9.17, 15) is 41.4 Å². The number of hydrogen-bond acceptors (Lipinski definition) is 4. The highest BCUT2D eigenvalue weighted by atomic mass is 19.4. The quantitative estimate of drug-likeness (QED) is 0.706. The molecule has 0 heterocycles. The molecule has 5 unspecified atom stereocenters. The molecule has 0 aromatic heterocycles. The van der Waals surface area contributed by atoms with Gasteiger partial charge in [-0.1, -0.05) is 13.0 Å². The number of aliphatic hydroxyl groups excluding tert-OH is 2. The van der Waals surface area contributed by atoms with Gasteiger partial charge in [0.25, 0.3) is 0 Å². The maximum atomic E-state index is 12.9. The van der Waals surface area contributed by atoms with E-state index in [4.69, 9.17) is 5.26 Å². The Hall–Kier alpha value is -1.86. The van der Waals surface area contributed by atoms with Crippen molar-refractivity contribution in [3.8, 4) is 6.07 Å². The number of allylic oxidation sites excluding steroid dienone is 3. The number of fused-ring (bicyclic) bond motifs is 1. The Labute approximate surface area is 131 Å². The number of halogens is 6. The Kier molecular flexibility index (Phi) is 4.10. The number of hydrogen-bond donors (Lipinski definition) is 2. The second-order valence-electron chi connectivity index (χ2n) is 5.97. The number of carbonyl (C=O) groups excluding carboxylic acids is 1. The van der Waals surface area contributed by atoms with Crippen LogP contribution in [-0.4, -0.2) is 40.6 Å². The van der Waals surface area contributed by atoms with E-state index in [0.29, 0.717) is 12.2 Å². The average molecular weight is 355 g/mol. The lowest BCUT2D eigenvalue weighted by atomic mass is 9.70. The maximum absolute atomic E-state index is 12.9. The molecule has 24 heavy (non-hydrogen) atoms. The second kappa shape index (κ2) is 5.32. The van der Waals surface area contributed by atoms with E-state index in [-0.39, 0.29) is 0 Å². The number of nitriles is 1. The van der Waals surface area contributed by atoms with Gasteiger partial charge in [-0.05, 0) is 6.08 Å². The Bertz CT molecular complexity index is 671. The standard InChI is InChI=1S/C14H11F6NO3/c1-12-3-6(13(15,16)17)2-5(4-21)8(12)9(22)7(10(12)23)11(24)14(18,19)20/h2-3,7-8,10-11,23-24H,1H3. The van der Waals surface area contributed by atoms with Gasteiger partial charge in [0.15, 0.2) is 11.9 Å². The summed E-state index contributed by atoms with van der Waals surface area (Å²) in [6.07, 6.45) is -14.8. The van der Waals surface area contributed by atoms with Crippen LogP contribution in [0.5, 0.6) is 0 Å². The van der Waals surface area contributed by atoms with Crippen LogP contribution < -0.4 is 0 Å². The number of carbonyl (C=O) groups is 1. The van der Waals surface area contributed by atoms with Gasteiger partial charge in [0.1, 0.15) is 0 Å². The summed E-state index contributed by atoms with van der Waals surface area (Å²) in [7, 11) is 0. The van der Waals surface area contributed by atoms with Crippen molar-refractivity contribution in [3.63, 3.8) is 0 Å². The summed E-state index contributed by atoms with van der Waals surface area (Å²) < 4.78 is 76.9. The first-order valence-electron chi connectivity index (χ1n) is 6.63. The van der Waals surface area contributed by atoms with Gasteiger partial charge in [0.2, 0.25) is 0 Å². The van der Waals surface area contributed by atoms with E-state index in [2.05, 4.69) is 0 Å². The molecule has 2 aliphatic rings. The van der Waals surface area contributed by atoms with Gasteiger partial charge in [-0.2, -0.15) is 31.6 Å². The Balaban J connectivity index is 2.60. The second-order valence-corrected chi connectivity index (χ2v) is 5.97. The molecule has 132 valence electrons. The molecule has 2 rings (SSSR count). The van der Waals surface area contributed by atoms with Gasteiger partial charge < -0.3 is 10.2 Å². The predicted octanol–water partition coefficient (Wildman–Crippen LogP) is 2.04. The van der Waals surface area contributed by atoms with Crippen LogP contribution in [0.2, 0.25) is 0 Å². The Morgan fingerprint density at radius 2 is 1.83 bits per heavy atom. The summed E-state index contributed by atoms with van der Waals surface area (Å²) in [4.78, 5) is 12.2. The third-order valence-corrected chi connectivity index (χ3v) is 4.43. The highest BCUT2D eigenvalue weighted by Crippen LogP contribution is 2.54. The lowest BCUT2D eigenvalue weighted by molar-refractivity contribution is -0.226. The number of alkyl halides is 6. The molecule has 4 nitrogen and oxygen atoms in total. The van der Waals surface area contributed by atoms with Crippen LogP contribution in [0.15, 0.2) is 23.3 Å². The molecule has 0 aromatic carbocycles. The van der Waals surface area contributed by atoms with Gasteiger partial charge in [-0.15, -0.1) is 0 Å². The third kappa shape index (κ3) is 2.61. The highest BCUT2D eigenvalue weighted by molar-refractivity contribution is 5.92. The molecule has 10 heteroatoms. The first-order valence-corrected chi connectivity index (χ1v) is 6.63. The van der Waals surface area contributed by atoms with Crippen molar-refractivity contribution in [2.24, 2.45) is 17.3 Å². The van der Waals surface area contributed by atoms with Crippen LogP contribution in [0.25, 0.3) is 0 Å². The summed E-state index contributed by atoms with van der Waals surface area (Å²) in [5.41, 5.74) is -4.13. The van der Waals surface area contributed by atoms with E-state index in [1.54, 1.807) is 0 Å². The highest BCUT2D eigenvalue weighted by Gasteiger charge is 2.64. The van der Waals surface area contributed by atoms with E-state index in [0.717, 1.165) is 6.92 Å². The lowest BCUT2D eigenvalue weighted by Crippen LogP contribution is -2.44. The summed E-state index contributed by atoms with van der Waals surface area (Å²) in [6.45, 7) is 0.958. The first kappa shape index (κ1) is 18.5. The molecule has 0 spiro atoms. The number of ketones is 1. The smallest absolute Gasteiger partial charge is 0.391 e. The number of nitrogens with zero attached hydrogens (tertiary/aromatic N) is 1. The van der Waals surface area contributed by atoms with Gasteiger partial charge in [-0.3, -0.25) is 4.79 Å². The molecule has 1 saturated carbocycles. The third-order valence-electron chi connectivity index (χ3n) is 4.43. The number of rotatable bonds is 1. The van der Waals surface area contributed by atoms with E-state index >= 15 is 0 Å². The van der Waals surface area contributed by atoms with Crippen LogP contribution in [0.1, 0.15) is 6.92 Å². The predicted molar refractivity (Wildman–Crippen MR) is 66.0 cm³/mol. The lowest BCUT2D eigenvalue weighted by Gasteiger charge is -2.35. The van der Waals surface area contributed by atoms with Crippen molar-refractivity contribution in [1.82, 2.24) is 0 Å². The minimum atomic E-state index is -5.25. The maximum Gasteiger partial charge on any atom is 0.416 e. The molecule has 0 aromatic rings. The molecule has 0 aliphatic heterocycles. The van der Waals surface area contributed by atoms with E-state index < -0.39 is 58.7 Å². The van der Waals surface area contributed by atoms with E-state index in [1.165, 1.54) is 6.07 Å². The fourth-order valence-corrected chi connectivity index (χ4v) is 3.29. The van der Waals surface area contributed by atoms with Crippen molar-refractivity contribution in [3.05, 3.63) is 23.3 Å². The first-order chi connectivity index (χ1) is 10.7. The van der Waals surface area contributed by atoms with Crippen molar-refractivity contribution < 1.29 is 41.4 Å². The Morgan fingerprint density at radius 3 is 2.25 bits per heavy atom. The van der Waals surface area contributed by atoms with Gasteiger partial charge in [0.05, 0.1) is 29.6 Å². The van der Waals surface area contributed by atoms with Crippen LogP contribution in [-0.2, 0) is 4.79 Å². The van der Waals surface area contributed by atoms with Crippen LogP contribution >= 0.6 is 0 Å². The number of aliphatic hydroxyl groups is 2. The molecule has 5 atom stereocenters. The summed E-state index contributed by atoms with van der Waals surface area (Å²) in [5.74, 6) is -5.38. The molecular formula is C14H11F6NO3. The molecule has 0 amide bonds. The van der Waals surface area contributed by atoms with Crippen LogP contribution in [0.3, 0.4) is 0 Å². The molecule has 0 saturated heterocycles. The molecule has 2 N–H and O–H groups in total. The molecular weight excluding hydrogens is 344 g/mol. The monoisotopic (exact) mass is 355 g/mol. The molecule has 2 aliphatic carbocycles. The van der Waals surface area contributed by atoms with Crippen molar-refractivity contribution in [2.75, 3.05) is 0 Å². The summed E-state index contributed by atoms with van der Waals surface area (Å²) in [6, 6.07) is 1.38. The molecule has 0 bridgehead atoms. The molecule has 1 fully saturated rings. The molecule has 0 radical (unpaired) electrons. The summed E-state index contributed by atoms with van der Waals surface area (Å²) in [5, 5.41) is 28.4. The van der Waals surface area contributed by atoms with Gasteiger partial charge >= 0.3 is 12.4 Å². The normalized spacial score (nSPS) is 35.0. The minimum absolute atomic E-state index is 0.374. The zero-order chi connectivity index (χ0) is 18.7. The van der Waals surface area contributed by atoms with Gasteiger partial charge in [-0.25, -0.2) is 0 Å². The van der Waals surface area contributed by atoms with Crippen molar-refractivity contribution in [2.45, 2.75) is 31.5 Å². The zero-order valence-electron chi connectivity index (χ0n) is 12.0. The van der Waals surface area contributed by atoms with Crippen molar-refractivity contribution in [1.29, 1.82) is 5.26 Å². The fourth-order valence-electron chi connectivity index (χ4n) is 3.29. The van der Waals surface area contributed by atoms with Crippen LogP contribution in [0.4, 0.5) is 26.3 Å². The van der Waals surface area contributed by atoms with Crippen LogP contribution in [0, 0.1) is 28.6 Å². The van der Waals surface area contributed by atoms with Gasteiger partial charge in [0, 0.05) is 11.0 Å². The Morgan fingerprint density at radius 1 is 1.29 bits per heavy atom.